The first-order valence-corrected chi connectivity index (χ1v) is 10.6. The monoisotopic (exact) mass is 407 g/mol. The number of nitrogens with zero attached hydrogens (tertiary/aromatic N) is 1. The Morgan fingerprint density at radius 1 is 1.03 bits per heavy atom. The summed E-state index contributed by atoms with van der Waals surface area (Å²) in [5.74, 6) is -1.03. The van der Waals surface area contributed by atoms with Gasteiger partial charge in [-0.1, -0.05) is 69.3 Å². The number of hydrogen-bond donors (Lipinski definition) is 1. The van der Waals surface area contributed by atoms with E-state index >= 15 is 0 Å². The lowest BCUT2D eigenvalue weighted by molar-refractivity contribution is -0.143. The molecule has 30 heavy (non-hydrogen) atoms. The third-order valence-corrected chi connectivity index (χ3v) is 6.22. The molecule has 1 aliphatic heterocycles. The summed E-state index contributed by atoms with van der Waals surface area (Å²) < 4.78 is 5.71. The minimum Gasteiger partial charge on any atom is -0.480 e. The van der Waals surface area contributed by atoms with Crippen molar-refractivity contribution in [2.24, 2.45) is 11.3 Å². The predicted octanol–water partition coefficient (Wildman–Crippen LogP) is 5.15. The number of benzene rings is 2. The van der Waals surface area contributed by atoms with Gasteiger partial charge in [-0.2, -0.15) is 0 Å². The molecule has 1 aliphatic carbocycles. The summed E-state index contributed by atoms with van der Waals surface area (Å²) in [6.45, 7) is 6.93. The van der Waals surface area contributed by atoms with Crippen LogP contribution in [0.2, 0.25) is 0 Å². The van der Waals surface area contributed by atoms with Crippen molar-refractivity contribution in [3.63, 3.8) is 0 Å². The molecule has 2 aromatic carbocycles. The third kappa shape index (κ3) is 3.81. The van der Waals surface area contributed by atoms with Gasteiger partial charge in [0, 0.05) is 12.5 Å². The number of ether oxygens (including phenoxy) is 1. The van der Waals surface area contributed by atoms with Crippen LogP contribution in [0.3, 0.4) is 0 Å². The molecule has 0 bridgehead atoms. The Hall–Kier alpha value is -2.82. The molecule has 1 heterocycles. The predicted molar refractivity (Wildman–Crippen MR) is 115 cm³/mol. The van der Waals surface area contributed by atoms with E-state index in [-0.39, 0.29) is 23.9 Å². The molecule has 5 heteroatoms. The zero-order valence-electron chi connectivity index (χ0n) is 17.8. The molecule has 1 saturated heterocycles. The lowest BCUT2D eigenvalue weighted by Crippen LogP contribution is -2.44. The summed E-state index contributed by atoms with van der Waals surface area (Å²) in [6.07, 6.45) is 0.927. The fourth-order valence-electron chi connectivity index (χ4n) is 5.07. The molecule has 0 spiro atoms. The molecule has 1 fully saturated rings. The van der Waals surface area contributed by atoms with Gasteiger partial charge in [0.25, 0.3) is 0 Å². The second-order valence-corrected chi connectivity index (χ2v) is 9.59. The van der Waals surface area contributed by atoms with Crippen LogP contribution in [-0.2, 0) is 9.53 Å². The average Bonchev–Trinajstić information content (AvgIpc) is 3.24. The van der Waals surface area contributed by atoms with Crippen LogP contribution in [0.15, 0.2) is 48.5 Å². The topological polar surface area (TPSA) is 66.8 Å². The molecular formula is C25H29NO4. The minimum atomic E-state index is -0.949. The standard InChI is InChI=1S/C25H29NO4/c1-25(2,3)14-16-12-13-26(22(16)23(27)28)24(29)30-15-21-19-10-6-4-8-17(19)18-9-5-7-11-20(18)21/h4-11,16,21-22H,12-15H2,1-3H3,(H,27,28)/t16-,22-/m1/s1. The van der Waals surface area contributed by atoms with Crippen LogP contribution >= 0.6 is 0 Å². The Labute approximate surface area is 177 Å². The number of hydrogen-bond acceptors (Lipinski definition) is 3. The van der Waals surface area contributed by atoms with E-state index in [4.69, 9.17) is 4.74 Å². The van der Waals surface area contributed by atoms with Crippen molar-refractivity contribution >= 4 is 12.1 Å². The van der Waals surface area contributed by atoms with Gasteiger partial charge in [-0.05, 0) is 46.4 Å². The molecule has 2 aliphatic rings. The van der Waals surface area contributed by atoms with E-state index < -0.39 is 18.1 Å². The van der Waals surface area contributed by atoms with Crippen LogP contribution in [0.4, 0.5) is 4.79 Å². The summed E-state index contributed by atoms with van der Waals surface area (Å²) in [4.78, 5) is 26.3. The molecule has 5 nitrogen and oxygen atoms in total. The molecule has 2 atom stereocenters. The van der Waals surface area contributed by atoms with Gasteiger partial charge >= 0.3 is 12.1 Å². The van der Waals surface area contributed by atoms with Crippen LogP contribution in [0.5, 0.6) is 0 Å². The summed E-state index contributed by atoms with van der Waals surface area (Å²) in [7, 11) is 0. The molecule has 0 unspecified atom stereocenters. The van der Waals surface area contributed by atoms with Gasteiger partial charge < -0.3 is 9.84 Å². The van der Waals surface area contributed by atoms with Crippen LogP contribution in [-0.4, -0.2) is 41.3 Å². The maximum atomic E-state index is 12.9. The largest absolute Gasteiger partial charge is 0.480 e. The number of fused-ring (bicyclic) bond motifs is 3. The summed E-state index contributed by atoms with van der Waals surface area (Å²) in [5.41, 5.74) is 4.64. The van der Waals surface area contributed by atoms with Gasteiger partial charge in [0.2, 0.25) is 0 Å². The second-order valence-electron chi connectivity index (χ2n) is 9.59. The molecule has 0 saturated carbocycles. The van der Waals surface area contributed by atoms with E-state index in [1.165, 1.54) is 16.0 Å². The van der Waals surface area contributed by atoms with Crippen molar-refractivity contribution in [2.45, 2.75) is 45.6 Å². The Balaban J connectivity index is 1.49. The maximum absolute atomic E-state index is 12.9. The molecule has 1 N–H and O–H groups in total. The van der Waals surface area contributed by atoms with Crippen molar-refractivity contribution in [1.29, 1.82) is 0 Å². The van der Waals surface area contributed by atoms with E-state index in [0.717, 1.165) is 17.5 Å². The Morgan fingerprint density at radius 2 is 1.60 bits per heavy atom. The Morgan fingerprint density at radius 3 is 2.13 bits per heavy atom. The fraction of sp³-hybridized carbons (Fsp3) is 0.440. The second kappa shape index (κ2) is 7.78. The molecule has 0 radical (unpaired) electrons. The average molecular weight is 408 g/mol. The number of carbonyl (C=O) groups excluding carboxylic acids is 1. The van der Waals surface area contributed by atoms with Crippen molar-refractivity contribution in [3.8, 4) is 11.1 Å². The first-order valence-electron chi connectivity index (χ1n) is 10.6. The highest BCUT2D eigenvalue weighted by Crippen LogP contribution is 2.44. The number of carboxylic acids is 1. The van der Waals surface area contributed by atoms with Gasteiger partial charge in [0.1, 0.15) is 12.6 Å². The quantitative estimate of drug-likeness (QED) is 0.761. The highest BCUT2D eigenvalue weighted by Gasteiger charge is 2.44. The number of aliphatic carboxylic acids is 1. The van der Waals surface area contributed by atoms with E-state index in [1.807, 2.05) is 24.3 Å². The van der Waals surface area contributed by atoms with Crippen molar-refractivity contribution < 1.29 is 19.4 Å². The Bertz CT molecular complexity index is 916. The van der Waals surface area contributed by atoms with Crippen molar-refractivity contribution in [1.82, 2.24) is 4.90 Å². The zero-order valence-corrected chi connectivity index (χ0v) is 17.8. The smallest absolute Gasteiger partial charge is 0.410 e. The number of rotatable bonds is 4. The summed E-state index contributed by atoms with van der Waals surface area (Å²) in [6, 6.07) is 15.5. The number of carboxylic acid groups (broad SMARTS) is 1. The number of carbonyl (C=O) groups is 2. The highest BCUT2D eigenvalue weighted by molar-refractivity contribution is 5.82. The number of likely N-dealkylation sites (tertiary alicyclic amines) is 1. The van der Waals surface area contributed by atoms with Gasteiger partial charge in [-0.3, -0.25) is 4.90 Å². The van der Waals surface area contributed by atoms with Crippen LogP contribution < -0.4 is 0 Å². The minimum absolute atomic E-state index is 0.00947. The van der Waals surface area contributed by atoms with Crippen LogP contribution in [0.1, 0.15) is 50.7 Å². The number of amides is 1. The molecular weight excluding hydrogens is 378 g/mol. The summed E-state index contributed by atoms with van der Waals surface area (Å²) >= 11 is 0. The first kappa shape index (κ1) is 20.5. The lowest BCUT2D eigenvalue weighted by atomic mass is 9.81. The maximum Gasteiger partial charge on any atom is 0.410 e. The molecule has 158 valence electrons. The normalized spacial score (nSPS) is 20.7. The SMILES string of the molecule is CC(C)(C)C[C@H]1CCN(C(=O)OCC2c3ccccc3-c3ccccc32)[C@H]1C(=O)O. The van der Waals surface area contributed by atoms with Crippen molar-refractivity contribution in [3.05, 3.63) is 59.7 Å². The van der Waals surface area contributed by atoms with Gasteiger partial charge in [0.15, 0.2) is 0 Å². The van der Waals surface area contributed by atoms with Crippen LogP contribution in [0, 0.1) is 11.3 Å². The summed E-state index contributed by atoms with van der Waals surface area (Å²) in [5, 5.41) is 9.79. The van der Waals surface area contributed by atoms with Crippen LogP contribution in [0.25, 0.3) is 11.1 Å². The van der Waals surface area contributed by atoms with Crippen molar-refractivity contribution in [2.75, 3.05) is 13.2 Å². The van der Waals surface area contributed by atoms with E-state index in [2.05, 4.69) is 45.0 Å². The molecule has 2 aromatic rings. The Kier molecular flexibility index (Phi) is 5.31. The molecule has 0 aromatic heterocycles. The van der Waals surface area contributed by atoms with Gasteiger partial charge in [-0.25, -0.2) is 9.59 Å². The molecule has 4 rings (SSSR count). The van der Waals surface area contributed by atoms with E-state index in [1.54, 1.807) is 0 Å². The van der Waals surface area contributed by atoms with Gasteiger partial charge in [-0.15, -0.1) is 0 Å². The highest BCUT2D eigenvalue weighted by atomic mass is 16.6. The van der Waals surface area contributed by atoms with E-state index in [0.29, 0.717) is 13.0 Å². The third-order valence-electron chi connectivity index (χ3n) is 6.22. The van der Waals surface area contributed by atoms with E-state index in [9.17, 15) is 14.7 Å². The van der Waals surface area contributed by atoms with Gasteiger partial charge in [0.05, 0.1) is 0 Å². The zero-order chi connectivity index (χ0) is 21.5. The fourth-order valence-corrected chi connectivity index (χ4v) is 5.07. The first-order chi connectivity index (χ1) is 14.3. The lowest BCUT2D eigenvalue weighted by Gasteiger charge is -2.28. The molecule has 1 amide bonds.